The molecule has 0 saturated heterocycles. The molecular formula is C10H14ClNO3S. The van der Waals surface area contributed by atoms with Crippen molar-refractivity contribution in [1.82, 2.24) is 5.48 Å². The third kappa shape index (κ3) is 4.09. The number of nitrogens with one attached hydrogen (secondary N) is 1. The highest BCUT2D eigenvalue weighted by atomic mass is 35.5. The first-order valence-corrected chi connectivity index (χ1v) is 5.89. The van der Waals surface area contributed by atoms with E-state index in [4.69, 9.17) is 16.4 Å². The van der Waals surface area contributed by atoms with E-state index in [9.17, 15) is 9.90 Å². The number of carbonyl (C=O) groups excluding carboxylic acids is 1. The lowest BCUT2D eigenvalue weighted by atomic mass is 10.2. The third-order valence-corrected chi connectivity index (χ3v) is 3.07. The van der Waals surface area contributed by atoms with Gasteiger partial charge < -0.3 is 5.11 Å². The first kappa shape index (κ1) is 13.4. The molecule has 0 aromatic carbocycles. The van der Waals surface area contributed by atoms with Crippen LogP contribution >= 0.6 is 22.9 Å². The lowest BCUT2D eigenvalue weighted by Crippen LogP contribution is -2.33. The first-order valence-electron chi connectivity index (χ1n) is 4.70. The monoisotopic (exact) mass is 263 g/mol. The average molecular weight is 264 g/mol. The maximum absolute atomic E-state index is 11.6. The van der Waals surface area contributed by atoms with Crippen LogP contribution in [0, 0.1) is 6.92 Å². The molecule has 1 aromatic heterocycles. The van der Waals surface area contributed by atoms with Gasteiger partial charge in [0.1, 0.15) is 11.5 Å². The summed E-state index contributed by atoms with van der Waals surface area (Å²) < 4.78 is 0. The zero-order valence-electron chi connectivity index (χ0n) is 9.33. The molecule has 1 aromatic rings. The predicted octanol–water partition coefficient (Wildman–Crippen LogP) is 2.14. The number of hydrogen-bond acceptors (Lipinski definition) is 4. The molecule has 0 spiro atoms. The minimum Gasteiger partial charge on any atom is -0.388 e. The molecule has 0 aliphatic rings. The van der Waals surface area contributed by atoms with Crippen LogP contribution in [0.15, 0.2) is 6.07 Å². The fourth-order valence-electron chi connectivity index (χ4n) is 0.963. The molecule has 0 bridgehead atoms. The molecule has 0 unspecified atom stereocenters. The summed E-state index contributed by atoms with van der Waals surface area (Å²) >= 11 is 7.15. The van der Waals surface area contributed by atoms with Gasteiger partial charge in [0.15, 0.2) is 0 Å². The number of hydroxylamine groups is 1. The van der Waals surface area contributed by atoms with Gasteiger partial charge in [-0.2, -0.15) is 0 Å². The largest absolute Gasteiger partial charge is 0.388 e. The highest BCUT2D eigenvalue weighted by molar-refractivity contribution is 7.14. The lowest BCUT2D eigenvalue weighted by Gasteiger charge is -2.16. The molecule has 1 amide bonds. The van der Waals surface area contributed by atoms with Gasteiger partial charge in [-0.15, -0.1) is 11.3 Å². The smallest absolute Gasteiger partial charge is 0.286 e. The zero-order valence-corrected chi connectivity index (χ0v) is 10.9. The maximum Gasteiger partial charge on any atom is 0.286 e. The highest BCUT2D eigenvalue weighted by Crippen LogP contribution is 2.25. The Balaban J connectivity index is 2.51. The molecule has 0 aliphatic heterocycles. The van der Waals surface area contributed by atoms with E-state index in [1.165, 1.54) is 11.3 Å². The maximum atomic E-state index is 11.6. The van der Waals surface area contributed by atoms with Gasteiger partial charge in [-0.3, -0.25) is 9.63 Å². The van der Waals surface area contributed by atoms with Crippen LogP contribution < -0.4 is 5.48 Å². The minimum absolute atomic E-state index is 0.0146. The Morgan fingerprint density at radius 2 is 2.31 bits per heavy atom. The van der Waals surface area contributed by atoms with Crippen molar-refractivity contribution >= 4 is 28.8 Å². The van der Waals surface area contributed by atoms with Crippen LogP contribution in [0.25, 0.3) is 0 Å². The van der Waals surface area contributed by atoms with Crippen LogP contribution in [0.1, 0.15) is 28.4 Å². The number of amides is 1. The number of aliphatic hydroxyl groups is 1. The summed E-state index contributed by atoms with van der Waals surface area (Å²) in [6, 6.07) is 1.72. The summed E-state index contributed by atoms with van der Waals surface area (Å²) in [4.78, 5) is 17.8. The molecule has 4 nitrogen and oxygen atoms in total. The van der Waals surface area contributed by atoms with E-state index in [2.05, 4.69) is 5.48 Å². The van der Waals surface area contributed by atoms with E-state index in [0.29, 0.717) is 9.90 Å². The van der Waals surface area contributed by atoms with Gasteiger partial charge >= 0.3 is 0 Å². The molecule has 1 heterocycles. The van der Waals surface area contributed by atoms with Gasteiger partial charge in [0.2, 0.25) is 0 Å². The zero-order chi connectivity index (χ0) is 12.3. The molecule has 1 rings (SSSR count). The summed E-state index contributed by atoms with van der Waals surface area (Å²) in [7, 11) is 0. The summed E-state index contributed by atoms with van der Waals surface area (Å²) in [5.74, 6) is -0.396. The van der Waals surface area contributed by atoms with Gasteiger partial charge in [-0.25, -0.2) is 5.48 Å². The van der Waals surface area contributed by atoms with Gasteiger partial charge in [-0.1, -0.05) is 11.6 Å². The Morgan fingerprint density at radius 1 is 1.69 bits per heavy atom. The Hall–Kier alpha value is -0.620. The van der Waals surface area contributed by atoms with Crippen LogP contribution in [0.2, 0.25) is 5.02 Å². The number of rotatable bonds is 4. The lowest BCUT2D eigenvalue weighted by molar-refractivity contribution is -0.0521. The summed E-state index contributed by atoms with van der Waals surface area (Å²) in [6.45, 7) is 5.05. The predicted molar refractivity (Wildman–Crippen MR) is 63.8 cm³/mol. The van der Waals surface area contributed by atoms with Crippen molar-refractivity contribution in [3.63, 3.8) is 0 Å². The molecule has 0 saturated carbocycles. The fourth-order valence-corrected chi connectivity index (χ4v) is 2.18. The second-order valence-corrected chi connectivity index (χ2v) is 5.73. The molecular weight excluding hydrogens is 250 g/mol. The molecule has 0 fully saturated rings. The van der Waals surface area contributed by atoms with Crippen LogP contribution in [0.4, 0.5) is 0 Å². The van der Waals surface area contributed by atoms with E-state index in [1.807, 2.05) is 6.92 Å². The molecule has 2 N–H and O–H groups in total. The number of carbonyl (C=O) groups is 1. The Morgan fingerprint density at radius 3 is 2.75 bits per heavy atom. The van der Waals surface area contributed by atoms with Crippen molar-refractivity contribution in [2.24, 2.45) is 0 Å². The average Bonchev–Trinajstić information content (AvgIpc) is 2.43. The minimum atomic E-state index is -0.984. The number of halogens is 1. The van der Waals surface area contributed by atoms with Crippen molar-refractivity contribution < 1.29 is 14.7 Å². The molecule has 6 heteroatoms. The van der Waals surface area contributed by atoms with Crippen molar-refractivity contribution in [1.29, 1.82) is 0 Å². The van der Waals surface area contributed by atoms with Gasteiger partial charge in [0, 0.05) is 4.88 Å². The number of hydrogen-bond donors (Lipinski definition) is 2. The molecule has 90 valence electrons. The van der Waals surface area contributed by atoms with Crippen molar-refractivity contribution in [3.8, 4) is 0 Å². The Bertz CT molecular complexity index is 384. The molecule has 16 heavy (non-hydrogen) atoms. The van der Waals surface area contributed by atoms with E-state index in [-0.39, 0.29) is 6.61 Å². The third-order valence-electron chi connectivity index (χ3n) is 1.61. The van der Waals surface area contributed by atoms with Gasteiger partial charge in [0.05, 0.1) is 10.6 Å². The second kappa shape index (κ2) is 5.14. The van der Waals surface area contributed by atoms with Crippen LogP contribution in [-0.2, 0) is 4.84 Å². The van der Waals surface area contributed by atoms with E-state index >= 15 is 0 Å². The van der Waals surface area contributed by atoms with Gasteiger partial charge in [-0.05, 0) is 26.8 Å². The summed E-state index contributed by atoms with van der Waals surface area (Å²) in [6.07, 6.45) is 0. The summed E-state index contributed by atoms with van der Waals surface area (Å²) in [5.41, 5.74) is 1.25. The molecule has 0 atom stereocenters. The first-order chi connectivity index (χ1) is 7.29. The fraction of sp³-hybridized carbons (Fsp3) is 0.500. The van der Waals surface area contributed by atoms with E-state index < -0.39 is 11.5 Å². The standard InChI is InChI=1S/C10H14ClNO3S/c1-6-4-7(11)8(16-6)9(13)12-15-5-10(2,3)14/h4,14H,5H2,1-3H3,(H,12,13). The molecule has 0 radical (unpaired) electrons. The van der Waals surface area contributed by atoms with Gasteiger partial charge in [0.25, 0.3) is 5.91 Å². The topological polar surface area (TPSA) is 58.6 Å². The Kier molecular flexibility index (Phi) is 4.32. The Labute approximate surface area is 103 Å². The molecule has 0 aliphatic carbocycles. The van der Waals surface area contributed by atoms with Crippen LogP contribution in [-0.4, -0.2) is 23.2 Å². The second-order valence-electron chi connectivity index (χ2n) is 4.07. The highest BCUT2D eigenvalue weighted by Gasteiger charge is 2.16. The van der Waals surface area contributed by atoms with Crippen molar-refractivity contribution in [3.05, 3.63) is 20.8 Å². The normalized spacial score (nSPS) is 11.6. The van der Waals surface area contributed by atoms with E-state index in [1.54, 1.807) is 19.9 Å². The quantitative estimate of drug-likeness (QED) is 0.819. The number of aryl methyl sites for hydroxylation is 1. The SMILES string of the molecule is Cc1cc(Cl)c(C(=O)NOCC(C)(C)O)s1. The van der Waals surface area contributed by atoms with Crippen LogP contribution in [0.5, 0.6) is 0 Å². The van der Waals surface area contributed by atoms with E-state index in [0.717, 1.165) is 4.88 Å². The number of thiophene rings is 1. The van der Waals surface area contributed by atoms with Crippen molar-refractivity contribution in [2.75, 3.05) is 6.61 Å². The van der Waals surface area contributed by atoms with Crippen molar-refractivity contribution in [2.45, 2.75) is 26.4 Å². The van der Waals surface area contributed by atoms with Crippen LogP contribution in [0.3, 0.4) is 0 Å². The summed E-state index contributed by atoms with van der Waals surface area (Å²) in [5, 5.41) is 9.77.